The lowest BCUT2D eigenvalue weighted by molar-refractivity contribution is 0.214. The Morgan fingerprint density at radius 2 is 2.26 bits per heavy atom. The topological polar surface area (TPSA) is 72.5 Å². The fourth-order valence-corrected chi connectivity index (χ4v) is 3.67. The summed E-state index contributed by atoms with van der Waals surface area (Å²) in [7, 11) is 0. The number of aromatic nitrogens is 2. The Hall–Kier alpha value is -2.50. The van der Waals surface area contributed by atoms with Gasteiger partial charge in [-0.05, 0) is 37.0 Å². The van der Waals surface area contributed by atoms with Gasteiger partial charge in [-0.2, -0.15) is 5.10 Å². The van der Waals surface area contributed by atoms with E-state index >= 15 is 0 Å². The number of hydrogen-bond acceptors (Lipinski definition) is 3. The van der Waals surface area contributed by atoms with Crippen molar-refractivity contribution in [1.82, 2.24) is 15.1 Å². The van der Waals surface area contributed by atoms with Gasteiger partial charge in [-0.15, -0.1) is 0 Å². The number of fused-ring (bicyclic) bond motifs is 1. The molecular formula is C17H20N4O2. The van der Waals surface area contributed by atoms with E-state index in [0.29, 0.717) is 12.5 Å². The molecule has 0 saturated carbocycles. The molecule has 120 valence electrons. The van der Waals surface area contributed by atoms with E-state index < -0.39 is 0 Å². The molecule has 2 N–H and O–H groups in total. The zero-order valence-corrected chi connectivity index (χ0v) is 12.9. The summed E-state index contributed by atoms with van der Waals surface area (Å²) in [5.74, 6) is 0.642. The number of phenolic OH excluding ortho intramolecular Hbond substituents is 1. The zero-order chi connectivity index (χ0) is 15.8. The molecule has 2 aliphatic heterocycles. The van der Waals surface area contributed by atoms with Crippen molar-refractivity contribution in [1.29, 1.82) is 0 Å². The highest BCUT2D eigenvalue weighted by atomic mass is 16.3. The van der Waals surface area contributed by atoms with Gasteiger partial charge in [-0.3, -0.25) is 10.00 Å². The van der Waals surface area contributed by atoms with Gasteiger partial charge in [-0.25, -0.2) is 4.79 Å². The quantitative estimate of drug-likeness (QED) is 0.849. The van der Waals surface area contributed by atoms with Crippen molar-refractivity contribution in [3.8, 4) is 5.75 Å². The first-order valence-corrected chi connectivity index (χ1v) is 8.10. The van der Waals surface area contributed by atoms with Crippen molar-refractivity contribution in [2.24, 2.45) is 0 Å². The first-order chi connectivity index (χ1) is 11.2. The summed E-state index contributed by atoms with van der Waals surface area (Å²) in [6, 6.07) is 5.47. The SMILES string of the molecule is O=C(N1CCC(c2cn[nH]c2)C1)N1CCCc2c(O)cccc21. The molecule has 1 fully saturated rings. The molecule has 3 heterocycles. The molecule has 0 radical (unpaired) electrons. The summed E-state index contributed by atoms with van der Waals surface area (Å²) in [6.45, 7) is 2.20. The van der Waals surface area contributed by atoms with Crippen LogP contribution in [0.3, 0.4) is 0 Å². The number of phenols is 1. The molecule has 1 atom stereocenters. The minimum absolute atomic E-state index is 0.0440. The molecule has 1 saturated heterocycles. The van der Waals surface area contributed by atoms with Gasteiger partial charge >= 0.3 is 6.03 Å². The molecule has 2 amide bonds. The Kier molecular flexibility index (Phi) is 3.44. The van der Waals surface area contributed by atoms with Gasteiger partial charge in [0.15, 0.2) is 0 Å². The summed E-state index contributed by atoms with van der Waals surface area (Å²) in [5, 5.41) is 16.9. The third-order valence-electron chi connectivity index (χ3n) is 4.91. The van der Waals surface area contributed by atoms with Crippen molar-refractivity contribution in [2.45, 2.75) is 25.2 Å². The van der Waals surface area contributed by atoms with E-state index in [1.165, 1.54) is 0 Å². The smallest absolute Gasteiger partial charge is 0.324 e. The van der Waals surface area contributed by atoms with Gasteiger partial charge in [0.2, 0.25) is 0 Å². The first kappa shape index (κ1) is 14.1. The predicted octanol–water partition coefficient (Wildman–Crippen LogP) is 2.48. The number of urea groups is 1. The van der Waals surface area contributed by atoms with Gasteiger partial charge in [0.1, 0.15) is 5.75 Å². The maximum absolute atomic E-state index is 12.9. The van der Waals surface area contributed by atoms with Crippen molar-refractivity contribution in [3.05, 3.63) is 41.7 Å². The number of nitrogens with one attached hydrogen (secondary N) is 1. The molecule has 0 spiro atoms. The lowest BCUT2D eigenvalue weighted by atomic mass is 10.0. The van der Waals surface area contributed by atoms with Crippen LogP contribution < -0.4 is 4.90 Å². The standard InChI is InChI=1S/C17H20N4O2/c22-16-5-1-4-15-14(16)3-2-7-21(15)17(23)20-8-6-12(11-20)13-9-18-19-10-13/h1,4-5,9-10,12,22H,2-3,6-8,11H2,(H,18,19). The average Bonchev–Trinajstić information content (AvgIpc) is 3.25. The van der Waals surface area contributed by atoms with E-state index in [0.717, 1.165) is 49.2 Å². The molecule has 4 rings (SSSR count). The summed E-state index contributed by atoms with van der Waals surface area (Å²) in [5.41, 5.74) is 2.91. The molecule has 0 aliphatic carbocycles. The van der Waals surface area contributed by atoms with E-state index in [-0.39, 0.29) is 11.8 Å². The Labute approximate surface area is 134 Å². The van der Waals surface area contributed by atoms with Crippen molar-refractivity contribution < 1.29 is 9.90 Å². The van der Waals surface area contributed by atoms with Crippen LogP contribution in [0.1, 0.15) is 29.9 Å². The summed E-state index contributed by atoms with van der Waals surface area (Å²) < 4.78 is 0. The average molecular weight is 312 g/mol. The largest absolute Gasteiger partial charge is 0.508 e. The molecule has 0 bridgehead atoms. The Balaban J connectivity index is 1.54. The number of H-pyrrole nitrogens is 1. The first-order valence-electron chi connectivity index (χ1n) is 8.10. The molecule has 23 heavy (non-hydrogen) atoms. The third-order valence-corrected chi connectivity index (χ3v) is 4.91. The van der Waals surface area contributed by atoms with Crippen LogP contribution in [0.2, 0.25) is 0 Å². The van der Waals surface area contributed by atoms with E-state index in [4.69, 9.17) is 0 Å². The fraction of sp³-hybridized carbons (Fsp3) is 0.412. The molecule has 1 aromatic carbocycles. The van der Waals surface area contributed by atoms with E-state index in [9.17, 15) is 9.90 Å². The Morgan fingerprint density at radius 3 is 3.09 bits per heavy atom. The second-order valence-electron chi connectivity index (χ2n) is 6.28. The lowest BCUT2D eigenvalue weighted by Gasteiger charge is -2.33. The highest BCUT2D eigenvalue weighted by molar-refractivity contribution is 5.94. The Morgan fingerprint density at radius 1 is 1.35 bits per heavy atom. The van der Waals surface area contributed by atoms with Crippen LogP contribution in [0.4, 0.5) is 10.5 Å². The molecule has 6 heteroatoms. The molecular weight excluding hydrogens is 292 g/mol. The zero-order valence-electron chi connectivity index (χ0n) is 12.9. The monoisotopic (exact) mass is 312 g/mol. The highest BCUT2D eigenvalue weighted by Crippen LogP contribution is 2.35. The van der Waals surface area contributed by atoms with Crippen LogP contribution >= 0.6 is 0 Å². The van der Waals surface area contributed by atoms with Gasteiger partial charge in [0, 0.05) is 37.3 Å². The van der Waals surface area contributed by atoms with Gasteiger partial charge in [0.25, 0.3) is 0 Å². The van der Waals surface area contributed by atoms with Crippen LogP contribution in [-0.2, 0) is 6.42 Å². The normalized spacial score (nSPS) is 20.6. The third kappa shape index (κ3) is 2.44. The maximum atomic E-state index is 12.9. The molecule has 2 aromatic rings. The van der Waals surface area contributed by atoms with Gasteiger partial charge in [-0.1, -0.05) is 6.07 Å². The minimum Gasteiger partial charge on any atom is -0.508 e. The number of aromatic amines is 1. The van der Waals surface area contributed by atoms with E-state index in [1.54, 1.807) is 12.1 Å². The van der Waals surface area contributed by atoms with Gasteiger partial charge < -0.3 is 10.0 Å². The number of nitrogens with zero attached hydrogens (tertiary/aromatic N) is 3. The lowest BCUT2D eigenvalue weighted by Crippen LogP contribution is -2.44. The predicted molar refractivity (Wildman–Crippen MR) is 86.7 cm³/mol. The van der Waals surface area contributed by atoms with Crippen molar-refractivity contribution >= 4 is 11.7 Å². The summed E-state index contributed by atoms with van der Waals surface area (Å²) in [4.78, 5) is 16.7. The second kappa shape index (κ2) is 5.61. The maximum Gasteiger partial charge on any atom is 0.324 e. The van der Waals surface area contributed by atoms with Crippen LogP contribution in [-0.4, -0.2) is 45.9 Å². The number of rotatable bonds is 1. The number of likely N-dealkylation sites (tertiary alicyclic amines) is 1. The van der Waals surface area contributed by atoms with Crippen LogP contribution in [0.25, 0.3) is 0 Å². The molecule has 1 aromatic heterocycles. The van der Waals surface area contributed by atoms with Crippen LogP contribution in [0.5, 0.6) is 5.75 Å². The van der Waals surface area contributed by atoms with Crippen molar-refractivity contribution in [3.63, 3.8) is 0 Å². The number of amides is 2. The van der Waals surface area contributed by atoms with Crippen LogP contribution in [0, 0.1) is 0 Å². The van der Waals surface area contributed by atoms with Gasteiger partial charge in [0.05, 0.1) is 11.9 Å². The molecule has 6 nitrogen and oxygen atoms in total. The summed E-state index contributed by atoms with van der Waals surface area (Å²) >= 11 is 0. The number of carbonyl (C=O) groups is 1. The van der Waals surface area contributed by atoms with Crippen molar-refractivity contribution in [2.75, 3.05) is 24.5 Å². The van der Waals surface area contributed by atoms with E-state index in [2.05, 4.69) is 10.2 Å². The van der Waals surface area contributed by atoms with Crippen LogP contribution in [0.15, 0.2) is 30.6 Å². The summed E-state index contributed by atoms with van der Waals surface area (Å²) in [6.07, 6.45) is 6.42. The van der Waals surface area contributed by atoms with E-state index in [1.807, 2.05) is 28.3 Å². The molecule has 2 aliphatic rings. The second-order valence-corrected chi connectivity index (χ2v) is 6.28. The number of aromatic hydroxyl groups is 1. The number of hydrogen-bond donors (Lipinski definition) is 2. The fourth-order valence-electron chi connectivity index (χ4n) is 3.67. The Bertz CT molecular complexity index is 713. The molecule has 1 unspecified atom stereocenters. The number of benzene rings is 1. The minimum atomic E-state index is 0.0440. The highest BCUT2D eigenvalue weighted by Gasteiger charge is 2.33. The number of anilines is 1. The number of carbonyl (C=O) groups excluding carboxylic acids is 1.